The molecule has 0 aromatic heterocycles. The van der Waals surface area contributed by atoms with Gasteiger partial charge in [-0.1, -0.05) is 18.1 Å². The van der Waals surface area contributed by atoms with E-state index in [1.165, 1.54) is 9.13 Å². The van der Waals surface area contributed by atoms with Crippen LogP contribution in [0.1, 0.15) is 5.56 Å². The first kappa shape index (κ1) is 9.56. The molecule has 0 spiro atoms. The molecule has 0 saturated carbocycles. The molecule has 0 unspecified atom stereocenters. The van der Waals surface area contributed by atoms with Crippen LogP contribution in [-0.4, -0.2) is 6.54 Å². The summed E-state index contributed by atoms with van der Waals surface area (Å²) in [7, 11) is 0. The normalized spacial score (nSPS) is 9.33. The molecule has 0 heterocycles. The topological polar surface area (TPSA) is 12.0 Å². The van der Waals surface area contributed by atoms with Crippen molar-refractivity contribution in [1.29, 1.82) is 0 Å². The molecule has 1 nitrogen and oxygen atoms in total. The first-order chi connectivity index (χ1) is 5.83. The summed E-state index contributed by atoms with van der Waals surface area (Å²) >= 11 is 2.29. The fourth-order valence-corrected chi connectivity index (χ4v) is 1.24. The Morgan fingerprint density at radius 2 is 2.00 bits per heavy atom. The van der Waals surface area contributed by atoms with Crippen molar-refractivity contribution in [3.8, 4) is 12.3 Å². The molecular weight excluding hydrogens is 261 g/mol. The second-order valence-electron chi connectivity index (χ2n) is 2.43. The van der Waals surface area contributed by atoms with Crippen molar-refractivity contribution in [2.75, 3.05) is 6.54 Å². The van der Waals surface area contributed by atoms with E-state index < -0.39 is 0 Å². The van der Waals surface area contributed by atoms with E-state index in [9.17, 15) is 0 Å². The van der Waals surface area contributed by atoms with Crippen LogP contribution in [0, 0.1) is 15.9 Å². The summed E-state index contributed by atoms with van der Waals surface area (Å²) in [5.41, 5.74) is 1.27. The predicted octanol–water partition coefficient (Wildman–Crippen LogP) is 2.01. The molecule has 12 heavy (non-hydrogen) atoms. The van der Waals surface area contributed by atoms with Gasteiger partial charge in [-0.2, -0.15) is 0 Å². The molecule has 62 valence electrons. The molecule has 0 atom stereocenters. The summed E-state index contributed by atoms with van der Waals surface area (Å²) < 4.78 is 1.26. The SMILES string of the molecule is C#CCNCc1ccc(I)cc1. The Morgan fingerprint density at radius 1 is 1.33 bits per heavy atom. The average molecular weight is 271 g/mol. The van der Waals surface area contributed by atoms with E-state index in [2.05, 4.69) is 58.1 Å². The number of hydrogen-bond acceptors (Lipinski definition) is 1. The zero-order valence-corrected chi connectivity index (χ0v) is 8.84. The van der Waals surface area contributed by atoms with Crippen molar-refractivity contribution in [2.45, 2.75) is 6.54 Å². The highest BCUT2D eigenvalue weighted by atomic mass is 127. The van der Waals surface area contributed by atoms with Gasteiger partial charge >= 0.3 is 0 Å². The number of nitrogens with one attached hydrogen (secondary N) is 1. The van der Waals surface area contributed by atoms with Gasteiger partial charge in [-0.05, 0) is 40.3 Å². The van der Waals surface area contributed by atoms with Gasteiger partial charge in [0.15, 0.2) is 0 Å². The van der Waals surface area contributed by atoms with Crippen LogP contribution < -0.4 is 5.32 Å². The fraction of sp³-hybridized carbons (Fsp3) is 0.200. The molecule has 0 radical (unpaired) electrons. The highest BCUT2D eigenvalue weighted by Gasteiger charge is 1.90. The lowest BCUT2D eigenvalue weighted by atomic mass is 10.2. The Balaban J connectivity index is 2.43. The summed E-state index contributed by atoms with van der Waals surface area (Å²) in [5.74, 6) is 2.54. The molecule has 1 aromatic carbocycles. The maximum atomic E-state index is 5.10. The van der Waals surface area contributed by atoms with Crippen molar-refractivity contribution in [1.82, 2.24) is 5.32 Å². The van der Waals surface area contributed by atoms with Gasteiger partial charge in [0.25, 0.3) is 0 Å². The zero-order chi connectivity index (χ0) is 8.81. The van der Waals surface area contributed by atoms with Crippen molar-refractivity contribution in [2.24, 2.45) is 0 Å². The third-order valence-corrected chi connectivity index (χ3v) is 2.19. The summed E-state index contributed by atoms with van der Waals surface area (Å²) in [6.07, 6.45) is 5.10. The van der Waals surface area contributed by atoms with Gasteiger partial charge in [-0.3, -0.25) is 0 Å². The molecule has 1 aromatic rings. The van der Waals surface area contributed by atoms with Gasteiger partial charge in [-0.25, -0.2) is 0 Å². The van der Waals surface area contributed by atoms with E-state index >= 15 is 0 Å². The summed E-state index contributed by atoms with van der Waals surface area (Å²) in [4.78, 5) is 0. The van der Waals surface area contributed by atoms with Crippen LogP contribution in [0.4, 0.5) is 0 Å². The van der Waals surface area contributed by atoms with E-state index in [4.69, 9.17) is 6.42 Å². The van der Waals surface area contributed by atoms with E-state index in [1.54, 1.807) is 0 Å². The number of hydrogen-bond donors (Lipinski definition) is 1. The predicted molar refractivity (Wildman–Crippen MR) is 59.7 cm³/mol. The second kappa shape index (κ2) is 5.18. The van der Waals surface area contributed by atoms with Crippen LogP contribution in [0.25, 0.3) is 0 Å². The van der Waals surface area contributed by atoms with Gasteiger partial charge in [-0.15, -0.1) is 6.42 Å². The molecule has 1 N–H and O–H groups in total. The molecular formula is C10H10IN. The van der Waals surface area contributed by atoms with Crippen LogP contribution in [0.5, 0.6) is 0 Å². The Morgan fingerprint density at radius 3 is 2.58 bits per heavy atom. The molecule has 0 aliphatic heterocycles. The third-order valence-electron chi connectivity index (χ3n) is 1.47. The molecule has 1 rings (SSSR count). The van der Waals surface area contributed by atoms with Gasteiger partial charge in [0.05, 0.1) is 6.54 Å². The fourth-order valence-electron chi connectivity index (χ4n) is 0.881. The van der Waals surface area contributed by atoms with Gasteiger partial charge in [0, 0.05) is 10.1 Å². The zero-order valence-electron chi connectivity index (χ0n) is 6.68. The minimum Gasteiger partial charge on any atom is -0.302 e. The summed E-state index contributed by atoms with van der Waals surface area (Å²) in [5, 5.41) is 3.13. The monoisotopic (exact) mass is 271 g/mol. The van der Waals surface area contributed by atoms with Crippen LogP contribution >= 0.6 is 22.6 Å². The standard InChI is InChI=1S/C10H10IN/c1-2-7-12-8-9-3-5-10(11)6-4-9/h1,3-6,12H,7-8H2. The smallest absolute Gasteiger partial charge is 0.0576 e. The number of terminal acetylenes is 1. The Kier molecular flexibility index (Phi) is 4.12. The Labute approximate surface area is 86.7 Å². The summed E-state index contributed by atoms with van der Waals surface area (Å²) in [6.45, 7) is 1.48. The largest absolute Gasteiger partial charge is 0.302 e. The lowest BCUT2D eigenvalue weighted by Gasteiger charge is -2.00. The molecule has 0 bridgehead atoms. The molecule has 0 aliphatic carbocycles. The second-order valence-corrected chi connectivity index (χ2v) is 3.68. The van der Waals surface area contributed by atoms with Crippen LogP contribution in [-0.2, 0) is 6.54 Å². The lowest BCUT2D eigenvalue weighted by molar-refractivity contribution is 0.770. The number of halogens is 1. The molecule has 2 heteroatoms. The maximum absolute atomic E-state index is 5.10. The first-order valence-electron chi connectivity index (χ1n) is 3.71. The number of benzene rings is 1. The lowest BCUT2D eigenvalue weighted by Crippen LogP contribution is -2.12. The minimum absolute atomic E-state index is 0.631. The van der Waals surface area contributed by atoms with E-state index in [-0.39, 0.29) is 0 Å². The van der Waals surface area contributed by atoms with Gasteiger partial charge in [0.2, 0.25) is 0 Å². The quantitative estimate of drug-likeness (QED) is 0.504. The highest BCUT2D eigenvalue weighted by molar-refractivity contribution is 14.1. The minimum atomic E-state index is 0.631. The summed E-state index contributed by atoms with van der Waals surface area (Å²) in [6, 6.07) is 8.39. The van der Waals surface area contributed by atoms with Crippen molar-refractivity contribution in [3.63, 3.8) is 0 Å². The molecule has 0 fully saturated rings. The van der Waals surface area contributed by atoms with Crippen LogP contribution in [0.3, 0.4) is 0 Å². The third kappa shape index (κ3) is 3.24. The van der Waals surface area contributed by atoms with Crippen molar-refractivity contribution >= 4 is 22.6 Å². The van der Waals surface area contributed by atoms with E-state index in [0.717, 1.165) is 6.54 Å². The first-order valence-corrected chi connectivity index (χ1v) is 4.79. The highest BCUT2D eigenvalue weighted by Crippen LogP contribution is 2.05. The molecule has 0 saturated heterocycles. The van der Waals surface area contributed by atoms with Crippen LogP contribution in [0.15, 0.2) is 24.3 Å². The van der Waals surface area contributed by atoms with Gasteiger partial charge < -0.3 is 5.32 Å². The Hall–Kier alpha value is -0.530. The van der Waals surface area contributed by atoms with Crippen molar-refractivity contribution in [3.05, 3.63) is 33.4 Å². The Bertz CT molecular complexity index is 271. The molecule has 0 aliphatic rings. The van der Waals surface area contributed by atoms with Crippen LogP contribution in [0.2, 0.25) is 0 Å². The van der Waals surface area contributed by atoms with Crippen molar-refractivity contribution < 1.29 is 0 Å². The number of rotatable bonds is 3. The maximum Gasteiger partial charge on any atom is 0.0576 e. The van der Waals surface area contributed by atoms with Gasteiger partial charge in [0.1, 0.15) is 0 Å². The van der Waals surface area contributed by atoms with E-state index in [1.807, 2.05) is 0 Å². The average Bonchev–Trinajstić information content (AvgIpc) is 2.09. The van der Waals surface area contributed by atoms with E-state index in [0.29, 0.717) is 6.54 Å². The molecule has 0 amide bonds.